The maximum Gasteiger partial charge on any atom is 0.319 e. The Morgan fingerprint density at radius 2 is 1.86 bits per heavy atom. The van der Waals surface area contributed by atoms with Crippen LogP contribution >= 0.6 is 0 Å². The first kappa shape index (κ1) is 15.1. The highest BCUT2D eigenvalue weighted by molar-refractivity contribution is 5.89. The Kier molecular flexibility index (Phi) is 5.35. The van der Waals surface area contributed by atoms with E-state index in [0.717, 1.165) is 23.2 Å². The quantitative estimate of drug-likeness (QED) is 0.790. The third kappa shape index (κ3) is 4.33. The van der Waals surface area contributed by atoms with Crippen LogP contribution in [0.15, 0.2) is 48.5 Å². The minimum atomic E-state index is -0.254. The highest BCUT2D eigenvalue weighted by Gasteiger charge is 2.04. The number of benzene rings is 2. The lowest BCUT2D eigenvalue weighted by atomic mass is 10.1. The summed E-state index contributed by atoms with van der Waals surface area (Å²) in [6.07, 6.45) is 0.932. The summed E-state index contributed by atoms with van der Waals surface area (Å²) >= 11 is 0. The molecule has 2 aromatic rings. The van der Waals surface area contributed by atoms with E-state index < -0.39 is 0 Å². The van der Waals surface area contributed by atoms with Crippen molar-refractivity contribution in [3.63, 3.8) is 0 Å². The number of aliphatic hydroxyl groups is 1. The molecule has 4 heteroatoms. The number of carbonyl (C=O) groups excluding carboxylic acids is 1. The van der Waals surface area contributed by atoms with E-state index in [2.05, 4.69) is 17.6 Å². The van der Waals surface area contributed by atoms with Crippen LogP contribution in [0.4, 0.5) is 10.5 Å². The van der Waals surface area contributed by atoms with Crippen molar-refractivity contribution < 1.29 is 9.90 Å². The third-order valence-corrected chi connectivity index (χ3v) is 3.32. The molecule has 0 unspecified atom stereocenters. The fraction of sp³-hybridized carbons (Fsp3) is 0.235. The Morgan fingerprint density at radius 3 is 2.57 bits per heavy atom. The fourth-order valence-electron chi connectivity index (χ4n) is 2.10. The molecule has 0 aromatic heterocycles. The van der Waals surface area contributed by atoms with E-state index in [1.54, 1.807) is 0 Å². The molecule has 0 fully saturated rings. The van der Waals surface area contributed by atoms with Gasteiger partial charge in [0.15, 0.2) is 0 Å². The Morgan fingerprint density at radius 1 is 1.10 bits per heavy atom. The molecule has 0 atom stereocenters. The fourth-order valence-corrected chi connectivity index (χ4v) is 2.10. The molecule has 2 amide bonds. The topological polar surface area (TPSA) is 61.4 Å². The van der Waals surface area contributed by atoms with Crippen LogP contribution < -0.4 is 10.6 Å². The Bertz CT molecular complexity index is 611. The van der Waals surface area contributed by atoms with E-state index in [1.165, 1.54) is 5.56 Å². The molecule has 4 nitrogen and oxygen atoms in total. The molecule has 3 N–H and O–H groups in total. The molecule has 110 valence electrons. The van der Waals surface area contributed by atoms with Crippen molar-refractivity contribution in [2.75, 3.05) is 5.32 Å². The molecular formula is C17H20N2O2. The van der Waals surface area contributed by atoms with Gasteiger partial charge < -0.3 is 15.7 Å². The van der Waals surface area contributed by atoms with Gasteiger partial charge in [0, 0.05) is 12.2 Å². The maximum absolute atomic E-state index is 11.9. The number of hydrogen-bond donors (Lipinski definition) is 3. The van der Waals surface area contributed by atoms with E-state index in [0.29, 0.717) is 6.54 Å². The van der Waals surface area contributed by atoms with Crippen LogP contribution in [0.5, 0.6) is 0 Å². The van der Waals surface area contributed by atoms with Crippen molar-refractivity contribution in [2.45, 2.75) is 26.5 Å². The number of aliphatic hydroxyl groups excluding tert-OH is 1. The number of carbonyl (C=O) groups is 1. The average molecular weight is 284 g/mol. The predicted octanol–water partition coefficient (Wildman–Crippen LogP) is 3.06. The zero-order chi connectivity index (χ0) is 15.1. The standard InChI is InChI=1S/C17H20N2O2/c1-2-13-6-5-9-16(10-13)19-17(21)18-11-14-7-3-4-8-15(14)12-20/h3-10,20H,2,11-12H2,1H3,(H2,18,19,21). The summed E-state index contributed by atoms with van der Waals surface area (Å²) in [7, 11) is 0. The van der Waals surface area contributed by atoms with Crippen LogP contribution in [-0.2, 0) is 19.6 Å². The van der Waals surface area contributed by atoms with Crippen LogP contribution in [0.3, 0.4) is 0 Å². The van der Waals surface area contributed by atoms with Crippen molar-refractivity contribution >= 4 is 11.7 Å². The minimum absolute atomic E-state index is 0.0297. The molecule has 0 aliphatic rings. The van der Waals surface area contributed by atoms with Crippen molar-refractivity contribution in [3.05, 3.63) is 65.2 Å². The molecule has 2 rings (SSSR count). The summed E-state index contributed by atoms with van der Waals surface area (Å²) < 4.78 is 0. The summed E-state index contributed by atoms with van der Waals surface area (Å²) in [4.78, 5) is 11.9. The molecule has 0 radical (unpaired) electrons. The molecule has 0 spiro atoms. The van der Waals surface area contributed by atoms with Crippen molar-refractivity contribution in [1.29, 1.82) is 0 Å². The zero-order valence-electron chi connectivity index (χ0n) is 12.1. The van der Waals surface area contributed by atoms with E-state index in [1.807, 2.05) is 48.5 Å². The largest absolute Gasteiger partial charge is 0.392 e. The van der Waals surface area contributed by atoms with Crippen LogP contribution in [0.25, 0.3) is 0 Å². The van der Waals surface area contributed by atoms with E-state index in [4.69, 9.17) is 0 Å². The van der Waals surface area contributed by atoms with Gasteiger partial charge in [0.25, 0.3) is 0 Å². The van der Waals surface area contributed by atoms with Crippen LogP contribution in [0.2, 0.25) is 0 Å². The Balaban J connectivity index is 1.92. The third-order valence-electron chi connectivity index (χ3n) is 3.32. The molecule has 2 aromatic carbocycles. The lowest BCUT2D eigenvalue weighted by Crippen LogP contribution is -2.28. The summed E-state index contributed by atoms with van der Waals surface area (Å²) in [5.41, 5.74) is 3.70. The summed E-state index contributed by atoms with van der Waals surface area (Å²) in [6.45, 7) is 2.43. The lowest BCUT2D eigenvalue weighted by Gasteiger charge is -2.10. The van der Waals surface area contributed by atoms with Gasteiger partial charge in [-0.05, 0) is 35.2 Å². The summed E-state index contributed by atoms with van der Waals surface area (Å²) in [5, 5.41) is 14.9. The van der Waals surface area contributed by atoms with Gasteiger partial charge in [-0.2, -0.15) is 0 Å². The smallest absolute Gasteiger partial charge is 0.319 e. The molecule has 0 saturated carbocycles. The predicted molar refractivity (Wildman–Crippen MR) is 84.0 cm³/mol. The first-order valence-corrected chi connectivity index (χ1v) is 7.04. The number of aryl methyl sites for hydroxylation is 1. The van der Waals surface area contributed by atoms with E-state index >= 15 is 0 Å². The van der Waals surface area contributed by atoms with Crippen molar-refractivity contribution in [2.24, 2.45) is 0 Å². The first-order valence-electron chi connectivity index (χ1n) is 7.04. The van der Waals surface area contributed by atoms with Gasteiger partial charge in [-0.15, -0.1) is 0 Å². The van der Waals surface area contributed by atoms with E-state index in [9.17, 15) is 9.90 Å². The second kappa shape index (κ2) is 7.45. The highest BCUT2D eigenvalue weighted by atomic mass is 16.3. The van der Waals surface area contributed by atoms with Crippen molar-refractivity contribution in [1.82, 2.24) is 5.32 Å². The van der Waals surface area contributed by atoms with Gasteiger partial charge in [0.2, 0.25) is 0 Å². The molecule has 0 aliphatic carbocycles. The molecule has 21 heavy (non-hydrogen) atoms. The molecule has 0 aliphatic heterocycles. The van der Waals surface area contributed by atoms with Gasteiger partial charge >= 0.3 is 6.03 Å². The second-order valence-electron chi connectivity index (χ2n) is 4.79. The van der Waals surface area contributed by atoms with E-state index in [-0.39, 0.29) is 12.6 Å². The average Bonchev–Trinajstić information content (AvgIpc) is 2.53. The summed E-state index contributed by atoms with van der Waals surface area (Å²) in [5.74, 6) is 0. The summed E-state index contributed by atoms with van der Waals surface area (Å²) in [6, 6.07) is 15.0. The second-order valence-corrected chi connectivity index (χ2v) is 4.79. The van der Waals surface area contributed by atoms with Crippen LogP contribution in [-0.4, -0.2) is 11.1 Å². The SMILES string of the molecule is CCc1cccc(NC(=O)NCc2ccccc2CO)c1. The van der Waals surface area contributed by atoms with Crippen LogP contribution in [0, 0.1) is 0 Å². The van der Waals surface area contributed by atoms with Gasteiger partial charge in [-0.3, -0.25) is 0 Å². The number of nitrogens with one attached hydrogen (secondary N) is 2. The van der Waals surface area contributed by atoms with Gasteiger partial charge in [-0.1, -0.05) is 43.3 Å². The Labute approximate surface area is 124 Å². The first-order chi connectivity index (χ1) is 10.2. The minimum Gasteiger partial charge on any atom is -0.392 e. The number of amides is 2. The monoisotopic (exact) mass is 284 g/mol. The lowest BCUT2D eigenvalue weighted by molar-refractivity contribution is 0.251. The normalized spacial score (nSPS) is 10.2. The molecule has 0 bridgehead atoms. The highest BCUT2D eigenvalue weighted by Crippen LogP contribution is 2.11. The zero-order valence-corrected chi connectivity index (χ0v) is 12.1. The number of rotatable bonds is 5. The van der Waals surface area contributed by atoms with Gasteiger partial charge in [-0.25, -0.2) is 4.79 Å². The molecule has 0 saturated heterocycles. The van der Waals surface area contributed by atoms with Gasteiger partial charge in [0.1, 0.15) is 0 Å². The number of urea groups is 1. The Hall–Kier alpha value is -2.33. The maximum atomic E-state index is 11.9. The van der Waals surface area contributed by atoms with Crippen molar-refractivity contribution in [3.8, 4) is 0 Å². The molecular weight excluding hydrogens is 264 g/mol. The molecule has 0 heterocycles. The van der Waals surface area contributed by atoms with Gasteiger partial charge in [0.05, 0.1) is 6.61 Å². The number of hydrogen-bond acceptors (Lipinski definition) is 2. The number of anilines is 1. The van der Waals surface area contributed by atoms with Crippen LogP contribution in [0.1, 0.15) is 23.6 Å².